The lowest BCUT2D eigenvalue weighted by Crippen LogP contribution is -2.40. The third kappa shape index (κ3) is 3.94. The van der Waals surface area contributed by atoms with Gasteiger partial charge in [0.1, 0.15) is 6.73 Å². The van der Waals surface area contributed by atoms with Crippen LogP contribution in [0.25, 0.3) is 0 Å². The summed E-state index contributed by atoms with van der Waals surface area (Å²) >= 11 is 0. The van der Waals surface area contributed by atoms with Gasteiger partial charge in [-0.25, -0.2) is 4.99 Å². The standard InChI is InChI=1S/C9H19N3O/c1-5-7-10-9(11(3)6-2)12(4)8-13/h5,7,13H,6,8H2,1-4H3/b7-5+,10-9?. The van der Waals surface area contributed by atoms with E-state index >= 15 is 0 Å². The first-order valence-corrected chi connectivity index (χ1v) is 4.39. The summed E-state index contributed by atoms with van der Waals surface area (Å²) in [6.45, 7) is 4.78. The molecule has 0 rings (SSSR count). The van der Waals surface area contributed by atoms with Crippen LogP contribution in [0.2, 0.25) is 0 Å². The SMILES string of the molecule is C/C=C/N=C(N(C)CC)N(C)CO. The first-order chi connectivity index (χ1) is 6.17. The molecule has 0 saturated carbocycles. The van der Waals surface area contributed by atoms with Gasteiger partial charge in [-0.3, -0.25) is 0 Å². The number of guanidine groups is 1. The van der Waals surface area contributed by atoms with E-state index in [1.54, 1.807) is 18.1 Å². The molecule has 0 aromatic rings. The summed E-state index contributed by atoms with van der Waals surface area (Å²) in [5, 5.41) is 8.94. The number of aliphatic imine (C=N–C) groups is 1. The highest BCUT2D eigenvalue weighted by Crippen LogP contribution is 1.94. The van der Waals surface area contributed by atoms with Crippen molar-refractivity contribution in [1.82, 2.24) is 9.80 Å². The van der Waals surface area contributed by atoms with Crippen molar-refractivity contribution in [3.63, 3.8) is 0 Å². The van der Waals surface area contributed by atoms with Gasteiger partial charge in [0.15, 0.2) is 0 Å². The smallest absolute Gasteiger partial charge is 0.202 e. The molecule has 0 radical (unpaired) electrons. The van der Waals surface area contributed by atoms with E-state index < -0.39 is 0 Å². The Balaban J connectivity index is 4.53. The molecule has 0 atom stereocenters. The number of allylic oxidation sites excluding steroid dienone is 1. The zero-order valence-corrected chi connectivity index (χ0v) is 8.86. The van der Waals surface area contributed by atoms with E-state index in [0.29, 0.717) is 0 Å². The number of rotatable bonds is 3. The zero-order chi connectivity index (χ0) is 10.3. The van der Waals surface area contributed by atoms with Crippen molar-refractivity contribution in [3.8, 4) is 0 Å². The topological polar surface area (TPSA) is 39.1 Å². The summed E-state index contributed by atoms with van der Waals surface area (Å²) in [6.07, 6.45) is 3.57. The zero-order valence-electron chi connectivity index (χ0n) is 8.86. The Kier molecular flexibility index (Phi) is 5.97. The second-order valence-electron chi connectivity index (χ2n) is 2.77. The fourth-order valence-corrected chi connectivity index (χ4v) is 0.834. The third-order valence-electron chi connectivity index (χ3n) is 1.71. The van der Waals surface area contributed by atoms with E-state index in [1.165, 1.54) is 0 Å². The number of aliphatic hydroxyl groups is 1. The molecule has 0 aliphatic heterocycles. The van der Waals surface area contributed by atoms with E-state index in [0.717, 1.165) is 12.5 Å². The van der Waals surface area contributed by atoms with Gasteiger partial charge in [0, 0.05) is 26.8 Å². The van der Waals surface area contributed by atoms with Crippen molar-refractivity contribution < 1.29 is 5.11 Å². The highest BCUT2D eigenvalue weighted by molar-refractivity contribution is 5.80. The molecule has 0 saturated heterocycles. The summed E-state index contributed by atoms with van der Waals surface area (Å²) in [7, 11) is 3.74. The Hall–Kier alpha value is -1.03. The first kappa shape index (κ1) is 12.0. The Morgan fingerprint density at radius 3 is 2.38 bits per heavy atom. The minimum Gasteiger partial charge on any atom is -0.376 e. The van der Waals surface area contributed by atoms with Gasteiger partial charge in [0.2, 0.25) is 5.96 Å². The molecule has 76 valence electrons. The second-order valence-corrected chi connectivity index (χ2v) is 2.77. The largest absolute Gasteiger partial charge is 0.376 e. The Labute approximate surface area is 80.2 Å². The lowest BCUT2D eigenvalue weighted by atomic mass is 10.6. The molecule has 0 bridgehead atoms. The fourth-order valence-electron chi connectivity index (χ4n) is 0.834. The molecule has 0 aliphatic carbocycles. The summed E-state index contributed by atoms with van der Waals surface area (Å²) in [4.78, 5) is 7.86. The maximum Gasteiger partial charge on any atom is 0.202 e. The van der Waals surface area contributed by atoms with Crippen LogP contribution in [0.5, 0.6) is 0 Å². The third-order valence-corrected chi connectivity index (χ3v) is 1.71. The lowest BCUT2D eigenvalue weighted by molar-refractivity contribution is 0.178. The maximum atomic E-state index is 8.94. The molecule has 0 aliphatic rings. The average Bonchev–Trinajstić information content (AvgIpc) is 2.17. The van der Waals surface area contributed by atoms with E-state index in [-0.39, 0.29) is 6.73 Å². The predicted molar refractivity (Wildman–Crippen MR) is 55.4 cm³/mol. The molecule has 0 aromatic carbocycles. The molecule has 0 fully saturated rings. The molecular weight excluding hydrogens is 166 g/mol. The highest BCUT2D eigenvalue weighted by atomic mass is 16.3. The molecule has 1 N–H and O–H groups in total. The van der Waals surface area contributed by atoms with E-state index in [1.807, 2.05) is 31.9 Å². The van der Waals surface area contributed by atoms with Crippen LogP contribution < -0.4 is 0 Å². The summed E-state index contributed by atoms with van der Waals surface area (Å²) in [6, 6.07) is 0. The van der Waals surface area contributed by atoms with Gasteiger partial charge >= 0.3 is 0 Å². The Morgan fingerprint density at radius 1 is 1.38 bits per heavy atom. The van der Waals surface area contributed by atoms with Crippen molar-refractivity contribution in [2.24, 2.45) is 4.99 Å². The van der Waals surface area contributed by atoms with Crippen LogP contribution >= 0.6 is 0 Å². The quantitative estimate of drug-likeness (QED) is 0.400. The number of hydrogen-bond acceptors (Lipinski definition) is 2. The van der Waals surface area contributed by atoms with Gasteiger partial charge in [-0.1, -0.05) is 6.08 Å². The summed E-state index contributed by atoms with van der Waals surface area (Å²) < 4.78 is 0. The molecule has 0 spiro atoms. The predicted octanol–water partition coefficient (Wildman–Crippen LogP) is 0.709. The molecule has 0 unspecified atom stereocenters. The monoisotopic (exact) mass is 185 g/mol. The van der Waals surface area contributed by atoms with E-state index in [2.05, 4.69) is 4.99 Å². The Bertz CT molecular complexity index is 177. The maximum absolute atomic E-state index is 8.94. The van der Waals surface area contributed by atoms with Crippen LogP contribution in [0.3, 0.4) is 0 Å². The van der Waals surface area contributed by atoms with Crippen LogP contribution in [0.4, 0.5) is 0 Å². The lowest BCUT2D eigenvalue weighted by Gasteiger charge is -2.26. The van der Waals surface area contributed by atoms with Crippen molar-refractivity contribution in [3.05, 3.63) is 12.3 Å². The summed E-state index contributed by atoms with van der Waals surface area (Å²) in [5.41, 5.74) is 0. The molecular formula is C9H19N3O. The average molecular weight is 185 g/mol. The Morgan fingerprint density at radius 2 is 2.00 bits per heavy atom. The van der Waals surface area contributed by atoms with Gasteiger partial charge in [-0.05, 0) is 13.8 Å². The van der Waals surface area contributed by atoms with E-state index in [9.17, 15) is 0 Å². The van der Waals surface area contributed by atoms with Gasteiger partial charge in [-0.15, -0.1) is 0 Å². The van der Waals surface area contributed by atoms with Crippen LogP contribution in [0.15, 0.2) is 17.3 Å². The molecule has 0 heterocycles. The van der Waals surface area contributed by atoms with Crippen molar-refractivity contribution in [2.45, 2.75) is 13.8 Å². The van der Waals surface area contributed by atoms with E-state index in [4.69, 9.17) is 5.11 Å². The normalized spacial score (nSPS) is 12.2. The highest BCUT2D eigenvalue weighted by Gasteiger charge is 2.07. The van der Waals surface area contributed by atoms with Crippen molar-refractivity contribution in [2.75, 3.05) is 27.4 Å². The number of hydrogen-bond donors (Lipinski definition) is 1. The van der Waals surface area contributed by atoms with Gasteiger partial charge in [-0.2, -0.15) is 0 Å². The molecule has 0 amide bonds. The molecule has 4 nitrogen and oxygen atoms in total. The minimum atomic E-state index is -0.0271. The minimum absolute atomic E-state index is 0.0271. The molecule has 13 heavy (non-hydrogen) atoms. The molecule has 4 heteroatoms. The fraction of sp³-hybridized carbons (Fsp3) is 0.667. The van der Waals surface area contributed by atoms with Crippen LogP contribution in [0.1, 0.15) is 13.8 Å². The van der Waals surface area contributed by atoms with Crippen LogP contribution in [-0.2, 0) is 0 Å². The van der Waals surface area contributed by atoms with Crippen LogP contribution in [0, 0.1) is 0 Å². The van der Waals surface area contributed by atoms with Crippen molar-refractivity contribution in [1.29, 1.82) is 0 Å². The van der Waals surface area contributed by atoms with Gasteiger partial charge in [0.25, 0.3) is 0 Å². The number of nitrogens with zero attached hydrogens (tertiary/aromatic N) is 3. The summed E-state index contributed by atoms with van der Waals surface area (Å²) in [5.74, 6) is 0.767. The van der Waals surface area contributed by atoms with Crippen molar-refractivity contribution >= 4 is 5.96 Å². The number of aliphatic hydroxyl groups excluding tert-OH is 1. The van der Waals surface area contributed by atoms with Gasteiger partial charge < -0.3 is 14.9 Å². The second kappa shape index (κ2) is 6.48. The molecule has 0 aromatic heterocycles. The first-order valence-electron chi connectivity index (χ1n) is 4.39. The van der Waals surface area contributed by atoms with Crippen LogP contribution in [-0.4, -0.2) is 48.2 Å². The van der Waals surface area contributed by atoms with Gasteiger partial charge in [0.05, 0.1) is 0 Å².